The molecule has 0 aromatic heterocycles. The molecule has 1 unspecified atom stereocenters. The van der Waals surface area contributed by atoms with Crippen molar-refractivity contribution in [3.8, 4) is 11.5 Å². The van der Waals surface area contributed by atoms with Crippen LogP contribution < -0.4 is 20.5 Å². The molecule has 0 bridgehead atoms. The van der Waals surface area contributed by atoms with Crippen molar-refractivity contribution in [2.24, 2.45) is 5.73 Å². The van der Waals surface area contributed by atoms with Gasteiger partial charge in [-0.25, -0.2) is 0 Å². The minimum Gasteiger partial charge on any atom is -0.493 e. The number of piperidine rings is 1. The van der Waals surface area contributed by atoms with E-state index < -0.39 is 0 Å². The molecule has 0 aliphatic carbocycles. The quantitative estimate of drug-likeness (QED) is 0.743. The summed E-state index contributed by atoms with van der Waals surface area (Å²) in [6, 6.07) is 5.24. The van der Waals surface area contributed by atoms with E-state index >= 15 is 0 Å². The van der Waals surface area contributed by atoms with Crippen molar-refractivity contribution in [1.29, 1.82) is 0 Å². The molecule has 1 heterocycles. The average Bonchev–Trinajstić information content (AvgIpc) is 2.65. The lowest BCUT2D eigenvalue weighted by molar-refractivity contribution is -0.121. The standard InChI is InChI=1S/C18H27N3O4.ClH/c1-24-15-8-5-7-14(17(15)25-2)18(23)21-11-4-3-6-13(21)12-20-16(22)9-10-19;/h5,7-8,13H,3-4,6,9-12,19H2,1-2H3,(H,20,22);1H. The van der Waals surface area contributed by atoms with Crippen molar-refractivity contribution < 1.29 is 19.1 Å². The number of nitrogens with one attached hydrogen (secondary N) is 1. The zero-order chi connectivity index (χ0) is 18.2. The van der Waals surface area contributed by atoms with Crippen LogP contribution in [0, 0.1) is 0 Å². The monoisotopic (exact) mass is 385 g/mol. The maximum absolute atomic E-state index is 13.1. The van der Waals surface area contributed by atoms with Gasteiger partial charge in [0, 0.05) is 32.1 Å². The Morgan fingerprint density at radius 3 is 2.69 bits per heavy atom. The first-order valence-corrected chi connectivity index (χ1v) is 8.61. The second-order valence-corrected chi connectivity index (χ2v) is 6.03. The second-order valence-electron chi connectivity index (χ2n) is 6.03. The second kappa shape index (κ2) is 10.9. The van der Waals surface area contributed by atoms with Gasteiger partial charge in [-0.3, -0.25) is 9.59 Å². The van der Waals surface area contributed by atoms with Crippen LogP contribution in [0.2, 0.25) is 0 Å². The number of hydrogen-bond donors (Lipinski definition) is 2. The Bertz CT molecular complexity index is 612. The summed E-state index contributed by atoms with van der Waals surface area (Å²) in [4.78, 5) is 26.6. The minimum absolute atomic E-state index is 0. The molecule has 0 saturated carbocycles. The first-order chi connectivity index (χ1) is 12.1. The molecule has 1 saturated heterocycles. The molecule has 1 aromatic carbocycles. The summed E-state index contributed by atoms with van der Waals surface area (Å²) in [6.07, 6.45) is 3.15. The smallest absolute Gasteiger partial charge is 0.258 e. The lowest BCUT2D eigenvalue weighted by atomic mass is 10.00. The Balaban J connectivity index is 0.00000338. The lowest BCUT2D eigenvalue weighted by Crippen LogP contribution is -2.49. The molecular formula is C18H28ClN3O4. The molecule has 1 aliphatic heterocycles. The van der Waals surface area contributed by atoms with Crippen molar-refractivity contribution in [2.45, 2.75) is 31.7 Å². The number of para-hydroxylation sites is 1. The number of methoxy groups -OCH3 is 2. The van der Waals surface area contributed by atoms with E-state index in [0.717, 1.165) is 19.3 Å². The number of rotatable bonds is 7. The molecule has 7 nitrogen and oxygen atoms in total. The first-order valence-electron chi connectivity index (χ1n) is 8.61. The number of nitrogens with zero attached hydrogens (tertiary/aromatic N) is 1. The third-order valence-corrected chi connectivity index (χ3v) is 4.43. The van der Waals surface area contributed by atoms with Crippen LogP contribution in [0.3, 0.4) is 0 Å². The number of likely N-dealkylation sites (tertiary alicyclic amines) is 1. The van der Waals surface area contributed by atoms with Crippen molar-refractivity contribution in [3.63, 3.8) is 0 Å². The molecule has 1 fully saturated rings. The molecule has 0 spiro atoms. The molecule has 8 heteroatoms. The molecule has 2 rings (SSSR count). The normalized spacial score (nSPS) is 16.4. The highest BCUT2D eigenvalue weighted by molar-refractivity contribution is 5.98. The number of carbonyl (C=O) groups is 2. The van der Waals surface area contributed by atoms with Crippen LogP contribution in [0.5, 0.6) is 11.5 Å². The summed E-state index contributed by atoms with van der Waals surface area (Å²) in [5, 5.41) is 2.87. The summed E-state index contributed by atoms with van der Waals surface area (Å²) in [5.74, 6) is 0.776. The SMILES string of the molecule is COc1cccc(C(=O)N2CCCCC2CNC(=O)CCN)c1OC.Cl. The summed E-state index contributed by atoms with van der Waals surface area (Å²) in [7, 11) is 3.07. The number of ether oxygens (including phenoxy) is 2. The molecule has 0 radical (unpaired) electrons. The topological polar surface area (TPSA) is 93.9 Å². The summed E-state index contributed by atoms with van der Waals surface area (Å²) < 4.78 is 10.7. The Morgan fingerprint density at radius 2 is 2.04 bits per heavy atom. The molecule has 2 amide bonds. The van der Waals surface area contributed by atoms with E-state index in [2.05, 4.69) is 5.32 Å². The van der Waals surface area contributed by atoms with Crippen LogP contribution in [0.15, 0.2) is 18.2 Å². The van der Waals surface area contributed by atoms with E-state index in [9.17, 15) is 9.59 Å². The molecule has 1 aliphatic rings. The Kier molecular flexibility index (Phi) is 9.23. The fourth-order valence-corrected chi connectivity index (χ4v) is 3.14. The van der Waals surface area contributed by atoms with Gasteiger partial charge in [0.2, 0.25) is 5.91 Å². The Labute approximate surface area is 160 Å². The van der Waals surface area contributed by atoms with Gasteiger partial charge in [-0.2, -0.15) is 0 Å². The number of nitrogens with two attached hydrogens (primary N) is 1. The molecule has 1 aromatic rings. The number of amides is 2. The van der Waals surface area contributed by atoms with Crippen LogP contribution in [0.4, 0.5) is 0 Å². The fourth-order valence-electron chi connectivity index (χ4n) is 3.14. The molecule has 26 heavy (non-hydrogen) atoms. The van der Waals surface area contributed by atoms with Crippen LogP contribution in [0.25, 0.3) is 0 Å². The van der Waals surface area contributed by atoms with E-state index in [4.69, 9.17) is 15.2 Å². The van der Waals surface area contributed by atoms with Gasteiger partial charge < -0.3 is 25.4 Å². The largest absolute Gasteiger partial charge is 0.493 e. The van der Waals surface area contributed by atoms with E-state index in [1.54, 1.807) is 25.3 Å². The van der Waals surface area contributed by atoms with Crippen LogP contribution in [-0.2, 0) is 4.79 Å². The highest BCUT2D eigenvalue weighted by atomic mass is 35.5. The van der Waals surface area contributed by atoms with Crippen molar-refractivity contribution in [3.05, 3.63) is 23.8 Å². The van der Waals surface area contributed by atoms with E-state index in [1.165, 1.54) is 7.11 Å². The van der Waals surface area contributed by atoms with Gasteiger partial charge in [-0.1, -0.05) is 6.07 Å². The highest BCUT2D eigenvalue weighted by Crippen LogP contribution is 2.32. The fraction of sp³-hybridized carbons (Fsp3) is 0.556. The molecule has 146 valence electrons. The van der Waals surface area contributed by atoms with E-state index in [-0.39, 0.29) is 30.3 Å². The Morgan fingerprint density at radius 1 is 1.27 bits per heavy atom. The zero-order valence-electron chi connectivity index (χ0n) is 15.3. The van der Waals surface area contributed by atoms with E-state index in [1.807, 2.05) is 4.90 Å². The van der Waals surface area contributed by atoms with Gasteiger partial charge in [-0.05, 0) is 31.4 Å². The van der Waals surface area contributed by atoms with Gasteiger partial charge in [0.25, 0.3) is 5.91 Å². The van der Waals surface area contributed by atoms with Crippen LogP contribution in [0.1, 0.15) is 36.0 Å². The number of hydrogen-bond acceptors (Lipinski definition) is 5. The maximum atomic E-state index is 13.1. The van der Waals surface area contributed by atoms with Crippen molar-refractivity contribution in [1.82, 2.24) is 10.2 Å². The Hall–Kier alpha value is -1.99. The predicted octanol–water partition coefficient (Wildman–Crippen LogP) is 1.59. The van der Waals surface area contributed by atoms with Crippen molar-refractivity contribution in [2.75, 3.05) is 33.9 Å². The summed E-state index contributed by atoms with van der Waals surface area (Å²) >= 11 is 0. The summed E-state index contributed by atoms with van der Waals surface area (Å²) in [5.41, 5.74) is 5.87. The molecule has 3 N–H and O–H groups in total. The maximum Gasteiger partial charge on any atom is 0.258 e. The van der Waals surface area contributed by atoms with Crippen LogP contribution >= 0.6 is 12.4 Å². The minimum atomic E-state index is -0.103. The van der Waals surface area contributed by atoms with Gasteiger partial charge in [0.1, 0.15) is 0 Å². The first kappa shape index (κ1) is 22.1. The summed E-state index contributed by atoms with van der Waals surface area (Å²) in [6.45, 7) is 1.42. The van der Waals surface area contributed by atoms with Crippen molar-refractivity contribution >= 4 is 24.2 Å². The molecule has 1 atom stereocenters. The molecular weight excluding hydrogens is 358 g/mol. The van der Waals surface area contributed by atoms with Gasteiger partial charge in [0.15, 0.2) is 11.5 Å². The number of carbonyl (C=O) groups excluding carboxylic acids is 2. The predicted molar refractivity (Wildman–Crippen MR) is 102 cm³/mol. The zero-order valence-corrected chi connectivity index (χ0v) is 16.1. The van der Waals surface area contributed by atoms with Gasteiger partial charge >= 0.3 is 0 Å². The van der Waals surface area contributed by atoms with Crippen LogP contribution in [-0.4, -0.2) is 56.6 Å². The highest BCUT2D eigenvalue weighted by Gasteiger charge is 2.30. The lowest BCUT2D eigenvalue weighted by Gasteiger charge is -2.36. The van der Waals surface area contributed by atoms with E-state index in [0.29, 0.717) is 43.1 Å². The third-order valence-electron chi connectivity index (χ3n) is 4.43. The third kappa shape index (κ3) is 5.25. The number of benzene rings is 1. The van der Waals surface area contributed by atoms with Gasteiger partial charge in [0.05, 0.1) is 19.8 Å². The van der Waals surface area contributed by atoms with Gasteiger partial charge in [-0.15, -0.1) is 12.4 Å². The average molecular weight is 386 g/mol. The number of halogens is 1.